The van der Waals surface area contributed by atoms with E-state index in [1.165, 1.54) is 35.1 Å². The fraction of sp³-hybridized carbons (Fsp3) is 0.348. The number of pyridine rings is 1. The first kappa shape index (κ1) is 19.9. The lowest BCUT2D eigenvalue weighted by molar-refractivity contribution is -0.119. The fourth-order valence-corrected chi connectivity index (χ4v) is 3.55. The fourth-order valence-electron chi connectivity index (χ4n) is 3.55. The third-order valence-corrected chi connectivity index (χ3v) is 4.74. The molecule has 2 aromatic rings. The second-order valence-electron chi connectivity index (χ2n) is 6.79. The molecule has 3 nitrogen and oxygen atoms in total. The van der Waals surface area contributed by atoms with Crippen LogP contribution in [0.4, 0.5) is 0 Å². The summed E-state index contributed by atoms with van der Waals surface area (Å²) in [5.74, 6) is 0.0496. The second-order valence-corrected chi connectivity index (χ2v) is 6.79. The predicted octanol–water partition coefficient (Wildman–Crippen LogP) is 4.39. The molecular weight excluding hydrogens is 320 g/mol. The van der Waals surface area contributed by atoms with Crippen LogP contribution in [-0.4, -0.2) is 16.9 Å². The first-order valence-electron chi connectivity index (χ1n) is 9.17. The quantitative estimate of drug-likeness (QED) is 0.788. The summed E-state index contributed by atoms with van der Waals surface area (Å²) in [5.41, 5.74) is 6.36. The zero-order chi connectivity index (χ0) is 17.6. The van der Waals surface area contributed by atoms with E-state index in [-0.39, 0.29) is 19.4 Å². The van der Waals surface area contributed by atoms with Gasteiger partial charge in [0, 0.05) is 38.3 Å². The third-order valence-electron chi connectivity index (χ3n) is 4.74. The monoisotopic (exact) mass is 346 g/mol. The lowest BCUT2D eigenvalue weighted by atomic mass is 9.95. The lowest BCUT2D eigenvalue weighted by Crippen LogP contribution is -2.33. The van der Waals surface area contributed by atoms with Crippen LogP contribution in [0.2, 0.25) is 0 Å². The van der Waals surface area contributed by atoms with Crippen LogP contribution < -0.4 is 5.32 Å². The van der Waals surface area contributed by atoms with Crippen LogP contribution >= 0.6 is 0 Å². The molecule has 4 radical (unpaired) electrons. The molecule has 0 saturated carbocycles. The average Bonchev–Trinajstić information content (AvgIpc) is 3.00. The number of nitrogens with one attached hydrogen (secondary N) is 1. The molecule has 0 bridgehead atoms. The molecule has 1 heterocycles. The van der Waals surface area contributed by atoms with E-state index in [1.54, 1.807) is 6.92 Å². The van der Waals surface area contributed by atoms with Crippen LogP contribution in [-0.2, 0) is 17.6 Å². The smallest absolute Gasteiger partial charge is 0.217 e. The maximum absolute atomic E-state index is 11.3. The summed E-state index contributed by atoms with van der Waals surface area (Å²) < 4.78 is 0. The van der Waals surface area contributed by atoms with Crippen molar-refractivity contribution in [2.24, 2.45) is 0 Å². The molecule has 134 valence electrons. The summed E-state index contributed by atoms with van der Waals surface area (Å²) in [7, 11) is 0. The number of aromatic nitrogens is 1. The van der Waals surface area contributed by atoms with Gasteiger partial charge in [-0.15, -0.1) is 0 Å². The molecule has 1 aromatic heterocycles. The number of rotatable bonds is 6. The highest BCUT2D eigenvalue weighted by atomic mass is 16.1. The van der Waals surface area contributed by atoms with Gasteiger partial charge in [-0.1, -0.05) is 50.1 Å². The van der Waals surface area contributed by atoms with Crippen LogP contribution in [0.25, 0.3) is 5.57 Å². The number of allylic oxidation sites excluding steroid dienone is 1. The van der Waals surface area contributed by atoms with Gasteiger partial charge in [0.2, 0.25) is 5.91 Å². The zero-order valence-corrected chi connectivity index (χ0v) is 15.6. The van der Waals surface area contributed by atoms with Crippen LogP contribution in [0.15, 0.2) is 48.8 Å². The molecule has 26 heavy (non-hydrogen) atoms. The van der Waals surface area contributed by atoms with Gasteiger partial charge in [-0.2, -0.15) is 0 Å². The van der Waals surface area contributed by atoms with Crippen LogP contribution in [0.3, 0.4) is 0 Å². The molecule has 1 aliphatic rings. The van der Waals surface area contributed by atoms with Crippen LogP contribution in [0.5, 0.6) is 0 Å². The van der Waals surface area contributed by atoms with Gasteiger partial charge in [0.15, 0.2) is 0 Å². The Labute approximate surface area is 157 Å². The van der Waals surface area contributed by atoms with Crippen molar-refractivity contribution in [2.75, 3.05) is 0 Å². The number of hydrogen-bond donors (Lipinski definition) is 1. The second kappa shape index (κ2) is 9.33. The molecule has 0 saturated heterocycles. The molecule has 1 N–H and O–H groups in total. The topological polar surface area (TPSA) is 42.0 Å². The van der Waals surface area contributed by atoms with Crippen molar-refractivity contribution in [3.8, 4) is 0 Å². The third kappa shape index (κ3) is 4.81. The molecule has 0 spiro atoms. The Morgan fingerprint density at radius 2 is 2.04 bits per heavy atom. The molecule has 1 amide bonds. The summed E-state index contributed by atoms with van der Waals surface area (Å²) in [6.07, 6.45) is 11.4. The van der Waals surface area contributed by atoms with Crippen LogP contribution in [0.1, 0.15) is 55.4 Å². The van der Waals surface area contributed by atoms with E-state index < -0.39 is 0 Å². The minimum atomic E-state index is 0. The number of amides is 1. The van der Waals surface area contributed by atoms with Gasteiger partial charge in [-0.25, -0.2) is 0 Å². The van der Waals surface area contributed by atoms with Crippen LogP contribution in [0, 0.1) is 7.43 Å². The van der Waals surface area contributed by atoms with Crippen molar-refractivity contribution in [3.05, 3.63) is 78.5 Å². The first-order chi connectivity index (χ1) is 12.2. The van der Waals surface area contributed by atoms with E-state index in [0.29, 0.717) is 0 Å². The molecule has 1 unspecified atom stereocenters. The van der Waals surface area contributed by atoms with Gasteiger partial charge >= 0.3 is 0 Å². The largest absolute Gasteiger partial charge is 0.353 e. The number of benzene rings is 1. The molecule has 3 heteroatoms. The van der Waals surface area contributed by atoms with Crippen molar-refractivity contribution in [1.29, 1.82) is 0 Å². The van der Waals surface area contributed by atoms with E-state index in [9.17, 15) is 4.79 Å². The van der Waals surface area contributed by atoms with Gasteiger partial charge < -0.3 is 5.32 Å². The zero-order valence-electron chi connectivity index (χ0n) is 15.6. The van der Waals surface area contributed by atoms with Gasteiger partial charge in [-0.3, -0.25) is 9.78 Å². The Morgan fingerprint density at radius 3 is 2.73 bits per heavy atom. The van der Waals surface area contributed by atoms with Crippen molar-refractivity contribution in [2.45, 2.75) is 52.0 Å². The average molecular weight is 346 g/mol. The number of nitrogens with zero attached hydrogens (tertiary/aromatic N) is 1. The van der Waals surface area contributed by atoms with E-state index in [4.69, 9.17) is 0 Å². The number of carbonyl (C=O) groups excluding carboxylic acids is 1. The Morgan fingerprint density at radius 1 is 1.23 bits per heavy atom. The Kier molecular flexibility index (Phi) is 7.14. The molecule has 0 aliphatic heterocycles. The number of hydrogen-bond acceptors (Lipinski definition) is 2. The van der Waals surface area contributed by atoms with Gasteiger partial charge in [0.25, 0.3) is 0 Å². The summed E-state index contributed by atoms with van der Waals surface area (Å²) >= 11 is 0. The Balaban J connectivity index is 0.00000243. The maximum Gasteiger partial charge on any atom is 0.217 e. The number of fused-ring (bicyclic) bond motifs is 1. The highest BCUT2D eigenvalue weighted by molar-refractivity contribution is 5.80. The number of carbonyl (C=O) groups is 1. The SMILES string of the molecule is CCCCC=C(c1cccnc1)c1ccc2c(c1)CC(NC(C)=O)C2.[C]. The summed E-state index contributed by atoms with van der Waals surface area (Å²) in [4.78, 5) is 15.6. The van der Waals surface area contributed by atoms with E-state index in [2.05, 4.69) is 47.6 Å². The van der Waals surface area contributed by atoms with Crippen molar-refractivity contribution in [1.82, 2.24) is 10.3 Å². The van der Waals surface area contributed by atoms with Gasteiger partial charge in [0.1, 0.15) is 0 Å². The van der Waals surface area contributed by atoms with Gasteiger partial charge in [0.05, 0.1) is 0 Å². The van der Waals surface area contributed by atoms with E-state index in [0.717, 1.165) is 24.8 Å². The highest BCUT2D eigenvalue weighted by Gasteiger charge is 2.22. The Bertz CT molecular complexity index is 765. The molecule has 1 aliphatic carbocycles. The van der Waals surface area contributed by atoms with Crippen molar-refractivity contribution in [3.63, 3.8) is 0 Å². The van der Waals surface area contributed by atoms with E-state index in [1.807, 2.05) is 18.5 Å². The molecular formula is C23H26N2O. The summed E-state index contributed by atoms with van der Waals surface area (Å²) in [6, 6.07) is 11.1. The van der Waals surface area contributed by atoms with Gasteiger partial charge in [-0.05, 0) is 47.6 Å². The first-order valence-corrected chi connectivity index (χ1v) is 9.17. The normalized spacial score (nSPS) is 15.9. The minimum absolute atomic E-state index is 0. The number of unbranched alkanes of at least 4 members (excludes halogenated alkanes) is 2. The maximum atomic E-state index is 11.3. The highest BCUT2D eigenvalue weighted by Crippen LogP contribution is 2.29. The molecule has 1 atom stereocenters. The summed E-state index contributed by atoms with van der Waals surface area (Å²) in [5, 5.41) is 3.05. The summed E-state index contributed by atoms with van der Waals surface area (Å²) in [6.45, 7) is 3.81. The molecule has 1 aromatic carbocycles. The molecule has 3 rings (SSSR count). The van der Waals surface area contributed by atoms with E-state index >= 15 is 0 Å². The van der Waals surface area contributed by atoms with Crippen molar-refractivity contribution >= 4 is 11.5 Å². The Hall–Kier alpha value is -2.42. The minimum Gasteiger partial charge on any atom is -0.353 e. The lowest BCUT2D eigenvalue weighted by Gasteiger charge is -2.11. The van der Waals surface area contributed by atoms with Crippen molar-refractivity contribution < 1.29 is 4.79 Å². The standard InChI is InChI=1S/C22H26N2O.C/c1-3-4-5-8-22(19-7-6-11-23-15-19)18-10-9-17-13-21(24-16(2)25)14-20(17)12-18;/h6-12,15,21H,3-5,13-14H2,1-2H3,(H,24,25);. The molecule has 0 fully saturated rings. The predicted molar refractivity (Wildman–Crippen MR) is 106 cm³/mol.